The molecule has 1 aliphatic rings. The number of hydrogen-bond acceptors (Lipinski definition) is 3. The van der Waals surface area contributed by atoms with Gasteiger partial charge in [-0.25, -0.2) is 4.98 Å². The van der Waals surface area contributed by atoms with E-state index in [0.717, 1.165) is 30.3 Å². The molecule has 1 aromatic heterocycles. The molecule has 0 aliphatic heterocycles. The third-order valence-electron chi connectivity index (χ3n) is 4.86. The second-order valence-electron chi connectivity index (χ2n) is 6.72. The van der Waals surface area contributed by atoms with Crippen molar-refractivity contribution in [3.63, 3.8) is 0 Å². The van der Waals surface area contributed by atoms with Crippen LogP contribution in [0.3, 0.4) is 0 Å². The fraction of sp³-hybridized carbons (Fsp3) is 0.500. The van der Waals surface area contributed by atoms with E-state index >= 15 is 0 Å². The molecule has 1 N–H and O–H groups in total. The fourth-order valence-electron chi connectivity index (χ4n) is 3.36. The van der Waals surface area contributed by atoms with Crippen LogP contribution in [0.2, 0.25) is 0 Å². The summed E-state index contributed by atoms with van der Waals surface area (Å²) in [6.07, 6.45) is 10.7. The third-order valence-corrected chi connectivity index (χ3v) is 5.78. The van der Waals surface area contributed by atoms with Gasteiger partial charge in [0, 0.05) is 23.9 Å². The van der Waals surface area contributed by atoms with E-state index < -0.39 is 0 Å². The summed E-state index contributed by atoms with van der Waals surface area (Å²) in [5.41, 5.74) is 2.65. The lowest BCUT2D eigenvalue weighted by Crippen LogP contribution is -2.12. The molecular weight excluding hydrogens is 316 g/mol. The van der Waals surface area contributed by atoms with E-state index in [2.05, 4.69) is 41.5 Å². The number of rotatable bonds is 7. The van der Waals surface area contributed by atoms with E-state index in [1.807, 2.05) is 6.20 Å². The lowest BCUT2D eigenvalue weighted by molar-refractivity contribution is -0.116. The summed E-state index contributed by atoms with van der Waals surface area (Å²) >= 11 is 1.58. The number of carbonyl (C=O) groups is 1. The number of aromatic nitrogens is 1. The van der Waals surface area contributed by atoms with Crippen molar-refractivity contribution in [2.24, 2.45) is 5.92 Å². The molecule has 1 heterocycles. The molecule has 1 aliphatic carbocycles. The standard InChI is InChI=1S/C20H26N2OS/c1-2-15-7-9-17(10-8-15)13-18-14-21-20(24-18)22-19(23)12-11-16-5-3-4-6-16/h7-10,14,16H,2-6,11-13H2,1H3,(H,21,22,23). The second-order valence-corrected chi connectivity index (χ2v) is 7.83. The van der Waals surface area contributed by atoms with Crippen molar-refractivity contribution in [3.8, 4) is 0 Å². The third kappa shape index (κ3) is 4.91. The summed E-state index contributed by atoms with van der Waals surface area (Å²) in [6.45, 7) is 2.17. The summed E-state index contributed by atoms with van der Waals surface area (Å²) in [7, 11) is 0. The molecule has 24 heavy (non-hydrogen) atoms. The Bertz CT molecular complexity index is 657. The van der Waals surface area contributed by atoms with Gasteiger partial charge in [0.2, 0.25) is 5.91 Å². The van der Waals surface area contributed by atoms with E-state index in [-0.39, 0.29) is 5.91 Å². The van der Waals surface area contributed by atoms with Gasteiger partial charge in [-0.15, -0.1) is 11.3 Å². The van der Waals surface area contributed by atoms with Crippen molar-refractivity contribution in [1.82, 2.24) is 4.98 Å². The van der Waals surface area contributed by atoms with Crippen LogP contribution in [0.4, 0.5) is 5.13 Å². The number of thiazole rings is 1. The van der Waals surface area contributed by atoms with Gasteiger partial charge in [0.25, 0.3) is 0 Å². The number of amides is 1. The van der Waals surface area contributed by atoms with Crippen LogP contribution in [-0.4, -0.2) is 10.9 Å². The van der Waals surface area contributed by atoms with Crippen LogP contribution >= 0.6 is 11.3 Å². The first-order chi connectivity index (χ1) is 11.7. The van der Waals surface area contributed by atoms with Gasteiger partial charge in [0.1, 0.15) is 0 Å². The highest BCUT2D eigenvalue weighted by Gasteiger charge is 2.16. The highest BCUT2D eigenvalue weighted by atomic mass is 32.1. The first-order valence-electron chi connectivity index (χ1n) is 9.05. The number of hydrogen-bond donors (Lipinski definition) is 1. The summed E-state index contributed by atoms with van der Waals surface area (Å²) in [4.78, 5) is 17.6. The molecule has 1 aromatic carbocycles. The van der Waals surface area contributed by atoms with Crippen LogP contribution in [-0.2, 0) is 17.6 Å². The molecule has 0 bridgehead atoms. The molecule has 0 atom stereocenters. The van der Waals surface area contributed by atoms with Gasteiger partial charge in [0.15, 0.2) is 5.13 Å². The summed E-state index contributed by atoms with van der Waals surface area (Å²) in [6, 6.07) is 8.72. The first-order valence-corrected chi connectivity index (χ1v) is 9.87. The van der Waals surface area contributed by atoms with Crippen LogP contribution in [0, 0.1) is 5.92 Å². The van der Waals surface area contributed by atoms with Crippen molar-refractivity contribution < 1.29 is 4.79 Å². The van der Waals surface area contributed by atoms with Crippen LogP contribution in [0.1, 0.15) is 61.5 Å². The lowest BCUT2D eigenvalue weighted by Gasteiger charge is -2.07. The van der Waals surface area contributed by atoms with E-state index in [9.17, 15) is 4.79 Å². The predicted octanol–water partition coefficient (Wildman–Crippen LogP) is 5.21. The smallest absolute Gasteiger partial charge is 0.226 e. The largest absolute Gasteiger partial charge is 0.302 e. The maximum atomic E-state index is 12.1. The molecule has 1 amide bonds. The first kappa shape index (κ1) is 17.2. The number of nitrogens with zero attached hydrogens (tertiary/aromatic N) is 1. The van der Waals surface area contributed by atoms with Crippen molar-refractivity contribution >= 4 is 22.4 Å². The molecule has 2 aromatic rings. The Balaban J connectivity index is 1.48. The minimum atomic E-state index is 0.107. The molecule has 0 unspecified atom stereocenters. The van der Waals surface area contributed by atoms with E-state index in [1.165, 1.54) is 41.7 Å². The molecule has 3 nitrogen and oxygen atoms in total. The van der Waals surface area contributed by atoms with Crippen molar-refractivity contribution in [2.45, 2.75) is 58.3 Å². The summed E-state index contributed by atoms with van der Waals surface area (Å²) < 4.78 is 0. The topological polar surface area (TPSA) is 42.0 Å². The van der Waals surface area contributed by atoms with Gasteiger partial charge in [-0.05, 0) is 29.9 Å². The van der Waals surface area contributed by atoms with Crippen LogP contribution in [0.25, 0.3) is 0 Å². The second kappa shape index (κ2) is 8.43. The quantitative estimate of drug-likeness (QED) is 0.751. The average molecular weight is 343 g/mol. The Hall–Kier alpha value is -1.68. The Morgan fingerprint density at radius 1 is 1.21 bits per heavy atom. The zero-order valence-corrected chi connectivity index (χ0v) is 15.2. The molecule has 0 spiro atoms. The Morgan fingerprint density at radius 3 is 2.62 bits per heavy atom. The van der Waals surface area contributed by atoms with Gasteiger partial charge in [-0.2, -0.15) is 0 Å². The maximum Gasteiger partial charge on any atom is 0.226 e. The van der Waals surface area contributed by atoms with Crippen LogP contribution in [0.15, 0.2) is 30.5 Å². The normalized spacial score (nSPS) is 14.9. The number of benzene rings is 1. The van der Waals surface area contributed by atoms with Crippen LogP contribution < -0.4 is 5.32 Å². The zero-order chi connectivity index (χ0) is 16.8. The van der Waals surface area contributed by atoms with E-state index in [1.54, 1.807) is 11.3 Å². The highest BCUT2D eigenvalue weighted by molar-refractivity contribution is 7.15. The molecule has 4 heteroatoms. The predicted molar refractivity (Wildman–Crippen MR) is 101 cm³/mol. The van der Waals surface area contributed by atoms with Gasteiger partial charge in [0.05, 0.1) is 0 Å². The minimum absolute atomic E-state index is 0.107. The number of aryl methyl sites for hydroxylation is 1. The average Bonchev–Trinajstić information content (AvgIpc) is 3.26. The molecule has 0 saturated heterocycles. The molecule has 3 rings (SSSR count). The Kier molecular flexibility index (Phi) is 6.02. The highest BCUT2D eigenvalue weighted by Crippen LogP contribution is 2.29. The fourth-order valence-corrected chi connectivity index (χ4v) is 4.22. The Labute approximate surface area is 148 Å². The molecule has 0 radical (unpaired) electrons. The molecule has 1 saturated carbocycles. The number of anilines is 1. The maximum absolute atomic E-state index is 12.1. The minimum Gasteiger partial charge on any atom is -0.302 e. The van der Waals surface area contributed by atoms with Crippen LogP contribution in [0.5, 0.6) is 0 Å². The summed E-state index contributed by atoms with van der Waals surface area (Å²) in [5, 5.41) is 3.69. The van der Waals surface area contributed by atoms with Gasteiger partial charge >= 0.3 is 0 Å². The van der Waals surface area contributed by atoms with Gasteiger partial charge in [-0.3, -0.25) is 4.79 Å². The molecule has 128 valence electrons. The van der Waals surface area contributed by atoms with E-state index in [0.29, 0.717) is 6.42 Å². The van der Waals surface area contributed by atoms with Crippen molar-refractivity contribution in [1.29, 1.82) is 0 Å². The molecular formula is C20H26N2OS. The SMILES string of the molecule is CCc1ccc(Cc2cnc(NC(=O)CCC3CCCC3)s2)cc1. The lowest BCUT2D eigenvalue weighted by atomic mass is 10.0. The van der Waals surface area contributed by atoms with Gasteiger partial charge in [-0.1, -0.05) is 56.9 Å². The van der Waals surface area contributed by atoms with Gasteiger partial charge < -0.3 is 5.32 Å². The number of nitrogens with one attached hydrogen (secondary N) is 1. The monoisotopic (exact) mass is 342 g/mol. The Morgan fingerprint density at radius 2 is 1.92 bits per heavy atom. The number of carbonyl (C=O) groups excluding carboxylic acids is 1. The van der Waals surface area contributed by atoms with Crippen molar-refractivity contribution in [2.75, 3.05) is 5.32 Å². The summed E-state index contributed by atoms with van der Waals surface area (Å²) in [5.74, 6) is 0.865. The zero-order valence-electron chi connectivity index (χ0n) is 14.4. The van der Waals surface area contributed by atoms with Crippen molar-refractivity contribution in [3.05, 3.63) is 46.5 Å². The molecule has 1 fully saturated rings. The van der Waals surface area contributed by atoms with E-state index in [4.69, 9.17) is 0 Å².